The van der Waals surface area contributed by atoms with E-state index in [-0.39, 0.29) is 24.8 Å². The number of ether oxygens (including phenoxy) is 2. The van der Waals surface area contributed by atoms with E-state index in [1.54, 1.807) is 61.1 Å². The highest BCUT2D eigenvalue weighted by atomic mass is 16.5. The van der Waals surface area contributed by atoms with Crippen molar-refractivity contribution in [3.05, 3.63) is 96.2 Å². The van der Waals surface area contributed by atoms with Gasteiger partial charge in [0.25, 0.3) is 5.91 Å². The lowest BCUT2D eigenvalue weighted by Crippen LogP contribution is -2.15. The first-order valence-electron chi connectivity index (χ1n) is 12.0. The second-order valence-corrected chi connectivity index (χ2v) is 8.53. The lowest BCUT2D eigenvalue weighted by molar-refractivity contribution is -0.142. The zero-order valence-electron chi connectivity index (χ0n) is 20.5. The molecule has 1 heterocycles. The van der Waals surface area contributed by atoms with Gasteiger partial charge < -0.3 is 19.9 Å². The van der Waals surface area contributed by atoms with Crippen molar-refractivity contribution in [1.82, 2.24) is 4.57 Å². The van der Waals surface area contributed by atoms with Gasteiger partial charge in [-0.15, -0.1) is 0 Å². The third-order valence-corrected chi connectivity index (χ3v) is 6.28. The van der Waals surface area contributed by atoms with E-state index < -0.39 is 5.97 Å². The van der Waals surface area contributed by atoms with Gasteiger partial charge >= 0.3 is 5.97 Å². The van der Waals surface area contributed by atoms with Crippen LogP contribution in [0.25, 0.3) is 27.2 Å². The normalized spacial score (nSPS) is 11.0. The number of nitrogens with one attached hydrogen (secondary N) is 1. The molecule has 0 atom stereocenters. The van der Waals surface area contributed by atoms with Gasteiger partial charge in [-0.3, -0.25) is 14.2 Å². The average molecular weight is 495 g/mol. The number of hydrogen-bond acceptors (Lipinski definition) is 5. The van der Waals surface area contributed by atoms with Gasteiger partial charge in [0.1, 0.15) is 5.75 Å². The van der Waals surface area contributed by atoms with Crippen molar-refractivity contribution < 1.29 is 24.2 Å². The fourth-order valence-corrected chi connectivity index (χ4v) is 4.53. The molecule has 0 aliphatic heterocycles. The van der Waals surface area contributed by atoms with E-state index >= 15 is 0 Å². The lowest BCUT2D eigenvalue weighted by atomic mass is 10.0. The molecular weight excluding hydrogens is 468 g/mol. The number of esters is 1. The van der Waals surface area contributed by atoms with Gasteiger partial charge in [-0.2, -0.15) is 0 Å². The van der Waals surface area contributed by atoms with Gasteiger partial charge in [0.05, 0.1) is 31.5 Å². The number of benzene rings is 4. The number of methoxy groups -OCH3 is 1. The molecule has 0 unspecified atom stereocenters. The molecule has 0 radical (unpaired) electrons. The summed E-state index contributed by atoms with van der Waals surface area (Å²) in [4.78, 5) is 25.7. The highest BCUT2D eigenvalue weighted by Crippen LogP contribution is 2.39. The van der Waals surface area contributed by atoms with E-state index in [0.717, 1.165) is 16.2 Å². The van der Waals surface area contributed by atoms with Gasteiger partial charge in [0.2, 0.25) is 5.88 Å². The van der Waals surface area contributed by atoms with Crippen molar-refractivity contribution in [2.45, 2.75) is 13.3 Å². The van der Waals surface area contributed by atoms with Crippen molar-refractivity contribution in [3.8, 4) is 17.3 Å². The van der Waals surface area contributed by atoms with Crippen molar-refractivity contribution in [1.29, 1.82) is 0 Å². The monoisotopic (exact) mass is 494 g/mol. The molecule has 0 bridgehead atoms. The topological polar surface area (TPSA) is 89.8 Å². The smallest absolute Gasteiger partial charge is 0.311 e. The summed E-state index contributed by atoms with van der Waals surface area (Å²) in [6.45, 7) is 2.00. The molecule has 7 heteroatoms. The molecule has 0 saturated heterocycles. The van der Waals surface area contributed by atoms with Crippen LogP contribution in [0.4, 0.5) is 5.69 Å². The minimum atomic E-state index is -0.406. The number of anilines is 1. The largest absolute Gasteiger partial charge is 0.497 e. The minimum absolute atomic E-state index is 0.0220. The van der Waals surface area contributed by atoms with E-state index in [2.05, 4.69) is 5.32 Å². The SMILES string of the molecule is CCOC(=O)Cc1c2cc3ccccc3cc2c(O)n1-c1ccccc1NC(=O)c1ccc(OC)cc1. The first-order valence-corrected chi connectivity index (χ1v) is 12.0. The Morgan fingerprint density at radius 2 is 1.54 bits per heavy atom. The summed E-state index contributed by atoms with van der Waals surface area (Å²) in [7, 11) is 1.57. The number of carbonyl (C=O) groups excluding carboxylic acids is 2. The van der Waals surface area contributed by atoms with Crippen molar-refractivity contribution in [3.63, 3.8) is 0 Å². The molecule has 5 aromatic rings. The van der Waals surface area contributed by atoms with Crippen molar-refractivity contribution in [2.24, 2.45) is 0 Å². The Bertz CT molecular complexity index is 1620. The first-order chi connectivity index (χ1) is 18.0. The molecule has 0 saturated carbocycles. The highest BCUT2D eigenvalue weighted by Gasteiger charge is 2.23. The molecule has 0 fully saturated rings. The van der Waals surface area contributed by atoms with Crippen LogP contribution in [-0.4, -0.2) is 35.3 Å². The number of aromatic nitrogens is 1. The van der Waals surface area contributed by atoms with Crippen molar-refractivity contribution >= 4 is 39.1 Å². The van der Waals surface area contributed by atoms with Crippen LogP contribution in [0, 0.1) is 0 Å². The number of aromatic hydroxyl groups is 1. The number of hydrogen-bond donors (Lipinski definition) is 2. The standard InChI is InChI=1S/C30H26N2O5/c1-3-37-28(33)18-27-23-16-20-8-4-5-9-21(20)17-24(23)30(35)32(27)26-11-7-6-10-25(26)31-29(34)19-12-14-22(36-2)15-13-19/h4-17,35H,3,18H2,1-2H3,(H,31,34). The molecule has 0 aliphatic rings. The Labute approximate surface area is 213 Å². The predicted molar refractivity (Wildman–Crippen MR) is 144 cm³/mol. The Balaban J connectivity index is 1.65. The zero-order valence-corrected chi connectivity index (χ0v) is 20.5. The van der Waals surface area contributed by atoms with Gasteiger partial charge in [0.15, 0.2) is 0 Å². The highest BCUT2D eigenvalue weighted by molar-refractivity contribution is 6.07. The summed E-state index contributed by atoms with van der Waals surface area (Å²) in [5.74, 6) is -0.0943. The number of carbonyl (C=O) groups is 2. The fraction of sp³-hybridized carbons (Fsp3) is 0.133. The zero-order chi connectivity index (χ0) is 25.9. The van der Waals surface area contributed by atoms with Crippen LogP contribution in [0.2, 0.25) is 0 Å². The minimum Gasteiger partial charge on any atom is -0.497 e. The summed E-state index contributed by atoms with van der Waals surface area (Å²) >= 11 is 0. The summed E-state index contributed by atoms with van der Waals surface area (Å²) in [6.07, 6.45) is -0.0516. The Morgan fingerprint density at radius 3 is 2.22 bits per heavy atom. The maximum atomic E-state index is 13.1. The van der Waals surface area contributed by atoms with Crippen LogP contribution < -0.4 is 10.1 Å². The van der Waals surface area contributed by atoms with Gasteiger partial charge in [-0.25, -0.2) is 0 Å². The van der Waals surface area contributed by atoms with Crippen LogP contribution in [0.1, 0.15) is 23.0 Å². The summed E-state index contributed by atoms with van der Waals surface area (Å²) < 4.78 is 12.0. The number of rotatable bonds is 7. The Hall–Kier alpha value is -4.78. The van der Waals surface area contributed by atoms with Gasteiger partial charge in [-0.05, 0) is 66.2 Å². The number of amides is 1. The Morgan fingerprint density at radius 1 is 0.892 bits per heavy atom. The third-order valence-electron chi connectivity index (χ3n) is 6.28. The number of nitrogens with zero attached hydrogens (tertiary/aromatic N) is 1. The second kappa shape index (κ2) is 10.1. The van der Waals surface area contributed by atoms with Crippen LogP contribution in [0.15, 0.2) is 84.9 Å². The fourth-order valence-electron chi connectivity index (χ4n) is 4.53. The molecular formula is C30H26N2O5. The molecule has 7 nitrogen and oxygen atoms in total. The number of fused-ring (bicyclic) bond motifs is 2. The van der Waals surface area contributed by atoms with E-state index in [0.29, 0.717) is 33.8 Å². The molecule has 0 spiro atoms. The quantitative estimate of drug-likeness (QED) is 0.277. The molecule has 1 amide bonds. The molecule has 4 aromatic carbocycles. The maximum absolute atomic E-state index is 13.1. The Kier molecular flexibility index (Phi) is 6.51. The van der Waals surface area contributed by atoms with Crippen molar-refractivity contribution in [2.75, 3.05) is 19.0 Å². The summed E-state index contributed by atoms with van der Waals surface area (Å²) in [5.41, 5.74) is 2.04. The van der Waals surface area contributed by atoms with Gasteiger partial charge in [0, 0.05) is 22.0 Å². The second-order valence-electron chi connectivity index (χ2n) is 8.53. The average Bonchev–Trinajstić information content (AvgIpc) is 3.17. The molecule has 5 rings (SSSR count). The summed E-state index contributed by atoms with van der Waals surface area (Å²) in [6, 6.07) is 25.7. The summed E-state index contributed by atoms with van der Waals surface area (Å²) in [5, 5.41) is 17.7. The van der Waals surface area contributed by atoms with Crippen LogP contribution in [0.3, 0.4) is 0 Å². The van der Waals surface area contributed by atoms with E-state index in [1.165, 1.54) is 0 Å². The van der Waals surface area contributed by atoms with Crippen LogP contribution >= 0.6 is 0 Å². The first kappa shape index (κ1) is 23.9. The van der Waals surface area contributed by atoms with E-state index in [4.69, 9.17) is 9.47 Å². The number of para-hydroxylation sites is 2. The third kappa shape index (κ3) is 4.59. The molecule has 37 heavy (non-hydrogen) atoms. The molecule has 0 aliphatic carbocycles. The predicted octanol–water partition coefficient (Wildman–Crippen LogP) is 5.86. The lowest BCUT2D eigenvalue weighted by Gasteiger charge is -2.16. The van der Waals surface area contributed by atoms with Gasteiger partial charge in [-0.1, -0.05) is 36.4 Å². The maximum Gasteiger partial charge on any atom is 0.311 e. The van der Waals surface area contributed by atoms with Crippen LogP contribution in [0.5, 0.6) is 11.6 Å². The molecule has 1 aromatic heterocycles. The molecule has 186 valence electrons. The van der Waals surface area contributed by atoms with E-state index in [1.807, 2.05) is 42.5 Å². The van der Waals surface area contributed by atoms with Crippen LogP contribution in [-0.2, 0) is 16.0 Å². The van der Waals surface area contributed by atoms with E-state index in [9.17, 15) is 14.7 Å². The molecule has 2 N–H and O–H groups in total.